The molecule has 0 aliphatic carbocycles. The van der Waals surface area contributed by atoms with Crippen molar-refractivity contribution in [3.05, 3.63) is 78.0 Å². The molecule has 12 heteroatoms. The lowest BCUT2D eigenvalue weighted by Crippen LogP contribution is -2.46. The number of urea groups is 1. The van der Waals surface area contributed by atoms with E-state index in [1.165, 1.54) is 48.7 Å². The zero-order valence-electron chi connectivity index (χ0n) is 22.1. The fraction of sp³-hybridized carbons (Fsp3) is 0.286. The minimum atomic E-state index is -0.678. The van der Waals surface area contributed by atoms with E-state index in [0.717, 1.165) is 25.9 Å². The zero-order chi connectivity index (χ0) is 28.6. The Kier molecular flexibility index (Phi) is 9.56. The number of aromatic nitrogens is 1. The van der Waals surface area contributed by atoms with E-state index in [1.54, 1.807) is 24.1 Å². The summed E-state index contributed by atoms with van der Waals surface area (Å²) in [6.45, 7) is 1.86. The number of rotatable bonds is 7. The number of hydrogen-bond donors (Lipinski definition) is 3. The fourth-order valence-corrected chi connectivity index (χ4v) is 4.47. The molecule has 0 atom stereocenters. The lowest BCUT2D eigenvalue weighted by molar-refractivity contribution is -0.119. The Morgan fingerprint density at radius 2 is 1.88 bits per heavy atom. The number of ether oxygens (including phenoxy) is 1. The van der Waals surface area contributed by atoms with Gasteiger partial charge in [0.05, 0.1) is 6.42 Å². The second-order valence-corrected chi connectivity index (χ2v) is 9.92. The number of benzene rings is 2. The monoisotopic (exact) mass is 568 g/mol. The first-order valence-electron chi connectivity index (χ1n) is 12.7. The molecule has 40 heavy (non-hydrogen) atoms. The number of nitrogens with one attached hydrogen (secondary N) is 3. The zero-order valence-corrected chi connectivity index (χ0v) is 22.9. The highest BCUT2D eigenvalue weighted by Gasteiger charge is 2.24. The normalized spacial score (nSPS) is 13.8. The van der Waals surface area contributed by atoms with Crippen molar-refractivity contribution in [1.82, 2.24) is 20.1 Å². The maximum Gasteiger partial charge on any atom is 0.323 e. The number of thiocarbonyl (C=S) groups is 1. The molecule has 4 rings (SSSR count). The first kappa shape index (κ1) is 28.8. The number of nitrogens with zero attached hydrogens (tertiary/aromatic N) is 3. The van der Waals surface area contributed by atoms with Crippen LogP contribution < -0.4 is 20.7 Å². The van der Waals surface area contributed by atoms with Gasteiger partial charge in [0.2, 0.25) is 5.91 Å². The van der Waals surface area contributed by atoms with Crippen LogP contribution in [0.3, 0.4) is 0 Å². The molecular formula is C28H30F2N6O3S. The number of pyridine rings is 1. The second kappa shape index (κ2) is 13.3. The Bertz CT molecular complexity index is 1380. The van der Waals surface area contributed by atoms with Gasteiger partial charge in [0, 0.05) is 37.1 Å². The molecule has 0 radical (unpaired) electrons. The molecule has 1 aromatic heterocycles. The van der Waals surface area contributed by atoms with Crippen LogP contribution in [0.25, 0.3) is 0 Å². The molecule has 2 aromatic carbocycles. The molecular weight excluding hydrogens is 538 g/mol. The van der Waals surface area contributed by atoms with Crippen LogP contribution in [-0.2, 0) is 11.2 Å². The highest BCUT2D eigenvalue weighted by molar-refractivity contribution is 7.80. The van der Waals surface area contributed by atoms with Gasteiger partial charge in [-0.2, -0.15) is 0 Å². The number of likely N-dealkylation sites (tertiary alicyclic amines) is 1. The molecule has 1 fully saturated rings. The number of carbonyl (C=O) groups excluding carboxylic acids is 2. The van der Waals surface area contributed by atoms with E-state index in [4.69, 9.17) is 17.0 Å². The summed E-state index contributed by atoms with van der Waals surface area (Å²) >= 11 is 5.13. The lowest BCUT2D eigenvalue weighted by Gasteiger charge is -2.34. The van der Waals surface area contributed by atoms with Crippen LogP contribution in [0.15, 0.2) is 60.8 Å². The Labute approximate surface area is 236 Å². The van der Waals surface area contributed by atoms with Gasteiger partial charge >= 0.3 is 6.03 Å². The number of carbonyl (C=O) groups is 2. The summed E-state index contributed by atoms with van der Waals surface area (Å²) < 4.78 is 33.8. The van der Waals surface area contributed by atoms with Crippen molar-refractivity contribution in [2.24, 2.45) is 0 Å². The summed E-state index contributed by atoms with van der Waals surface area (Å²) in [7, 11) is 3.82. The predicted octanol–water partition coefficient (Wildman–Crippen LogP) is 4.77. The molecule has 1 aliphatic rings. The number of amides is 3. The fourth-order valence-electron chi connectivity index (χ4n) is 4.24. The Hall–Kier alpha value is -4.16. The van der Waals surface area contributed by atoms with E-state index in [0.29, 0.717) is 11.3 Å². The summed E-state index contributed by atoms with van der Waals surface area (Å²) in [5, 5.41) is 7.95. The van der Waals surface area contributed by atoms with Crippen molar-refractivity contribution < 1.29 is 23.1 Å². The van der Waals surface area contributed by atoms with Crippen LogP contribution in [0.4, 0.5) is 25.1 Å². The Morgan fingerprint density at radius 3 is 2.60 bits per heavy atom. The summed E-state index contributed by atoms with van der Waals surface area (Å²) in [4.78, 5) is 33.0. The van der Waals surface area contributed by atoms with Crippen molar-refractivity contribution >= 4 is 40.8 Å². The average molecular weight is 569 g/mol. The molecule has 0 unspecified atom stereocenters. The van der Waals surface area contributed by atoms with Crippen molar-refractivity contribution in [2.45, 2.75) is 25.3 Å². The number of piperidine rings is 1. The molecule has 1 saturated heterocycles. The highest BCUT2D eigenvalue weighted by Crippen LogP contribution is 2.28. The summed E-state index contributed by atoms with van der Waals surface area (Å²) in [6.07, 6.45) is 3.18. The summed E-state index contributed by atoms with van der Waals surface area (Å²) in [5.41, 5.74) is 0.788. The summed E-state index contributed by atoms with van der Waals surface area (Å²) in [6, 6.07) is 12.7. The average Bonchev–Trinajstić information content (AvgIpc) is 2.90. The maximum atomic E-state index is 14.8. The van der Waals surface area contributed by atoms with Crippen LogP contribution in [-0.4, -0.2) is 65.1 Å². The van der Waals surface area contributed by atoms with Gasteiger partial charge in [-0.25, -0.2) is 18.6 Å². The van der Waals surface area contributed by atoms with Crippen LogP contribution in [0.2, 0.25) is 0 Å². The quantitative estimate of drug-likeness (QED) is 0.354. The van der Waals surface area contributed by atoms with Crippen molar-refractivity contribution in [3.8, 4) is 11.5 Å². The highest BCUT2D eigenvalue weighted by atomic mass is 32.1. The minimum Gasteiger partial charge on any atom is -0.454 e. The third kappa shape index (κ3) is 8.17. The van der Waals surface area contributed by atoms with Gasteiger partial charge in [-0.05, 0) is 81.1 Å². The van der Waals surface area contributed by atoms with E-state index in [1.807, 2.05) is 0 Å². The molecule has 0 spiro atoms. The number of hydrogen-bond acceptors (Lipinski definition) is 6. The van der Waals surface area contributed by atoms with Gasteiger partial charge in [-0.3, -0.25) is 10.1 Å². The maximum absolute atomic E-state index is 14.8. The van der Waals surface area contributed by atoms with Gasteiger partial charge in [0.25, 0.3) is 0 Å². The Balaban J connectivity index is 1.30. The lowest BCUT2D eigenvalue weighted by atomic mass is 10.0. The summed E-state index contributed by atoms with van der Waals surface area (Å²) in [5.74, 6) is -1.05. The van der Waals surface area contributed by atoms with Crippen LogP contribution in [0.1, 0.15) is 18.4 Å². The first-order valence-corrected chi connectivity index (χ1v) is 13.1. The van der Waals surface area contributed by atoms with Crippen molar-refractivity contribution in [3.63, 3.8) is 0 Å². The predicted molar refractivity (Wildman–Crippen MR) is 152 cm³/mol. The van der Waals surface area contributed by atoms with E-state index in [2.05, 4.69) is 32.9 Å². The molecule has 2 heterocycles. The topological polar surface area (TPSA) is 98.8 Å². The molecule has 3 amide bonds. The van der Waals surface area contributed by atoms with Gasteiger partial charge in [0.15, 0.2) is 16.7 Å². The molecule has 1 aliphatic heterocycles. The number of anilines is 2. The molecule has 210 valence electrons. The van der Waals surface area contributed by atoms with Crippen molar-refractivity contribution in [1.29, 1.82) is 0 Å². The molecule has 3 aromatic rings. The van der Waals surface area contributed by atoms with Crippen LogP contribution >= 0.6 is 12.2 Å². The van der Waals surface area contributed by atoms with Crippen LogP contribution in [0, 0.1) is 11.6 Å². The molecule has 3 N–H and O–H groups in total. The first-order chi connectivity index (χ1) is 19.2. The molecule has 0 bridgehead atoms. The number of halogens is 2. The van der Waals surface area contributed by atoms with Gasteiger partial charge in [-0.1, -0.05) is 12.1 Å². The SMILES string of the molecule is CN1CCC(N(C)C(=O)Nc2cc(Oc3ccc(NC(=S)NC(=O)Cc4cccc(F)c4)cc3F)ccn2)CC1. The van der Waals surface area contributed by atoms with E-state index < -0.39 is 17.5 Å². The molecule has 9 nitrogen and oxygen atoms in total. The smallest absolute Gasteiger partial charge is 0.323 e. The van der Waals surface area contributed by atoms with E-state index >= 15 is 0 Å². The largest absolute Gasteiger partial charge is 0.454 e. The standard InChI is InChI=1S/C28H30F2N6O3S/c1-35-12-9-21(10-13-35)36(2)28(38)33-25-17-22(8-11-31-25)39-24-7-6-20(16-23(24)30)32-27(40)34-26(37)15-18-4-3-5-19(29)14-18/h3-8,11,14,16-17,21H,9-10,12-13,15H2,1-2H3,(H,31,33,38)(H2,32,34,37,40). The van der Waals surface area contributed by atoms with Crippen molar-refractivity contribution in [2.75, 3.05) is 37.8 Å². The second-order valence-electron chi connectivity index (χ2n) is 9.51. The van der Waals surface area contributed by atoms with Gasteiger partial charge in [-0.15, -0.1) is 0 Å². The Morgan fingerprint density at radius 1 is 1.10 bits per heavy atom. The van der Waals surface area contributed by atoms with Crippen LogP contribution in [0.5, 0.6) is 11.5 Å². The third-order valence-corrected chi connectivity index (χ3v) is 6.65. The third-order valence-electron chi connectivity index (χ3n) is 6.45. The van der Waals surface area contributed by atoms with Gasteiger partial charge < -0.3 is 25.2 Å². The van der Waals surface area contributed by atoms with E-state index in [-0.39, 0.29) is 40.9 Å². The van der Waals surface area contributed by atoms with Gasteiger partial charge in [0.1, 0.15) is 17.4 Å². The minimum absolute atomic E-state index is 0.0331. The molecule has 0 saturated carbocycles. The van der Waals surface area contributed by atoms with E-state index in [9.17, 15) is 18.4 Å².